The number of hydrogen-bond donors (Lipinski definition) is 0. The summed E-state index contributed by atoms with van der Waals surface area (Å²) in [7, 11) is 0. The van der Waals surface area contributed by atoms with Gasteiger partial charge in [0.2, 0.25) is 0 Å². The van der Waals surface area contributed by atoms with Crippen molar-refractivity contribution in [2.45, 2.75) is 0 Å². The summed E-state index contributed by atoms with van der Waals surface area (Å²) in [5, 5.41) is 3.45. The molecule has 0 aliphatic rings. The summed E-state index contributed by atoms with van der Waals surface area (Å²) in [5.41, 5.74) is 7.29. The van der Waals surface area contributed by atoms with E-state index in [9.17, 15) is 0 Å². The summed E-state index contributed by atoms with van der Waals surface area (Å²) in [4.78, 5) is 19.6. The average Bonchev–Trinajstić information content (AvgIpc) is 3.54. The van der Waals surface area contributed by atoms with Gasteiger partial charge in [0.25, 0.3) is 0 Å². The Balaban J connectivity index is 1.20. The van der Waals surface area contributed by atoms with E-state index in [1.54, 1.807) is 11.3 Å². The number of thiazole rings is 1. The van der Waals surface area contributed by atoms with Gasteiger partial charge in [0.15, 0.2) is 17.5 Å². The predicted octanol–water partition coefficient (Wildman–Crippen LogP) is 9.97. The molecule has 5 heteroatoms. The van der Waals surface area contributed by atoms with E-state index in [1.807, 2.05) is 66.7 Å². The molecule has 0 N–H and O–H groups in total. The lowest BCUT2D eigenvalue weighted by atomic mass is 9.99. The highest BCUT2D eigenvalue weighted by Gasteiger charge is 2.14. The van der Waals surface area contributed by atoms with Gasteiger partial charge in [-0.2, -0.15) is 0 Å². The minimum absolute atomic E-state index is 0.648. The van der Waals surface area contributed by atoms with Crippen molar-refractivity contribution in [3.8, 4) is 55.9 Å². The second-order valence-electron chi connectivity index (χ2n) is 10.4. The van der Waals surface area contributed by atoms with E-state index >= 15 is 0 Å². The number of hydrogen-bond acceptors (Lipinski definition) is 5. The quantitative estimate of drug-likeness (QED) is 0.207. The summed E-state index contributed by atoms with van der Waals surface area (Å²) >= 11 is 1.75. The maximum Gasteiger partial charge on any atom is 0.164 e. The highest BCUT2D eigenvalue weighted by Crippen LogP contribution is 2.37. The third kappa shape index (κ3) is 4.86. The van der Waals surface area contributed by atoms with Crippen LogP contribution in [0, 0.1) is 0 Å². The summed E-state index contributed by atoms with van der Waals surface area (Å²) in [6.45, 7) is 0. The summed E-state index contributed by atoms with van der Waals surface area (Å²) in [6, 6.07) is 49.9. The Hall–Kier alpha value is -5.52. The standard InChI is InChI=1S/C38H24N4S/c1-4-11-25(12-5-1)35-40-36(26-13-6-2-7-14-26)42-37(41-35)31-18-10-17-28(24-31)29-19-21-32-30(23-29)20-22-33-34(32)43-38(39-33)27-15-8-3-9-16-27/h1-24H. The molecule has 2 heterocycles. The third-order valence-electron chi connectivity index (χ3n) is 7.54. The van der Waals surface area contributed by atoms with Gasteiger partial charge in [0.05, 0.1) is 10.2 Å². The molecule has 0 spiro atoms. The van der Waals surface area contributed by atoms with Crippen LogP contribution in [-0.4, -0.2) is 19.9 Å². The van der Waals surface area contributed by atoms with Crippen LogP contribution in [0.1, 0.15) is 0 Å². The molecule has 8 rings (SSSR count). The normalized spacial score (nSPS) is 11.3. The number of nitrogens with zero attached hydrogens (tertiary/aromatic N) is 4. The van der Waals surface area contributed by atoms with Gasteiger partial charge in [0, 0.05) is 27.6 Å². The van der Waals surface area contributed by atoms with E-state index in [1.165, 1.54) is 15.5 Å². The Labute approximate surface area is 253 Å². The molecule has 0 bridgehead atoms. The van der Waals surface area contributed by atoms with E-state index < -0.39 is 0 Å². The first-order valence-corrected chi connectivity index (χ1v) is 15.0. The van der Waals surface area contributed by atoms with Crippen LogP contribution in [0.3, 0.4) is 0 Å². The zero-order valence-corrected chi connectivity index (χ0v) is 23.9. The monoisotopic (exact) mass is 568 g/mol. The maximum atomic E-state index is 4.92. The molecular weight excluding hydrogens is 545 g/mol. The molecule has 43 heavy (non-hydrogen) atoms. The minimum Gasteiger partial charge on any atom is -0.236 e. The van der Waals surface area contributed by atoms with Crippen molar-refractivity contribution >= 4 is 32.3 Å². The van der Waals surface area contributed by atoms with Crippen molar-refractivity contribution in [1.82, 2.24) is 19.9 Å². The van der Waals surface area contributed by atoms with Crippen molar-refractivity contribution in [2.75, 3.05) is 0 Å². The van der Waals surface area contributed by atoms with Gasteiger partial charge < -0.3 is 0 Å². The molecule has 0 saturated carbocycles. The number of aromatic nitrogens is 4. The summed E-state index contributed by atoms with van der Waals surface area (Å²) < 4.78 is 1.21. The summed E-state index contributed by atoms with van der Waals surface area (Å²) in [5.74, 6) is 1.96. The number of rotatable bonds is 5. The van der Waals surface area contributed by atoms with Crippen molar-refractivity contribution in [1.29, 1.82) is 0 Å². The van der Waals surface area contributed by atoms with E-state index in [0.29, 0.717) is 17.5 Å². The zero-order chi connectivity index (χ0) is 28.6. The molecular formula is C38H24N4S. The highest BCUT2D eigenvalue weighted by molar-refractivity contribution is 7.22. The lowest BCUT2D eigenvalue weighted by Crippen LogP contribution is -2.00. The molecule has 8 aromatic rings. The van der Waals surface area contributed by atoms with Gasteiger partial charge in [-0.05, 0) is 34.7 Å². The topological polar surface area (TPSA) is 51.6 Å². The molecule has 4 nitrogen and oxygen atoms in total. The van der Waals surface area contributed by atoms with Crippen molar-refractivity contribution in [3.63, 3.8) is 0 Å². The molecule has 202 valence electrons. The molecule has 0 saturated heterocycles. The Bertz CT molecular complexity index is 2170. The second-order valence-corrected chi connectivity index (χ2v) is 11.4. The van der Waals surface area contributed by atoms with Gasteiger partial charge in [-0.15, -0.1) is 11.3 Å². The lowest BCUT2D eigenvalue weighted by molar-refractivity contribution is 1.07. The van der Waals surface area contributed by atoms with E-state index in [-0.39, 0.29) is 0 Å². The first-order valence-electron chi connectivity index (χ1n) is 14.1. The molecule has 0 radical (unpaired) electrons. The molecule has 0 amide bonds. The van der Waals surface area contributed by atoms with E-state index in [0.717, 1.165) is 43.9 Å². The third-order valence-corrected chi connectivity index (χ3v) is 8.70. The van der Waals surface area contributed by atoms with Crippen LogP contribution in [0.4, 0.5) is 0 Å². The van der Waals surface area contributed by atoms with Gasteiger partial charge in [-0.3, -0.25) is 0 Å². The largest absolute Gasteiger partial charge is 0.236 e. The van der Waals surface area contributed by atoms with E-state index in [2.05, 4.69) is 78.9 Å². The van der Waals surface area contributed by atoms with Gasteiger partial charge in [-0.25, -0.2) is 19.9 Å². The Morgan fingerprint density at radius 2 is 0.907 bits per heavy atom. The minimum atomic E-state index is 0.648. The van der Waals surface area contributed by atoms with Crippen LogP contribution in [0.25, 0.3) is 76.9 Å². The molecule has 0 aliphatic carbocycles. The molecule has 0 unspecified atom stereocenters. The van der Waals surface area contributed by atoms with Crippen molar-refractivity contribution in [3.05, 3.63) is 146 Å². The van der Waals surface area contributed by atoms with Gasteiger partial charge >= 0.3 is 0 Å². The van der Waals surface area contributed by atoms with Crippen molar-refractivity contribution in [2.24, 2.45) is 0 Å². The average molecular weight is 569 g/mol. The molecule has 0 fully saturated rings. The van der Waals surface area contributed by atoms with Crippen LogP contribution >= 0.6 is 11.3 Å². The second kappa shape index (κ2) is 10.7. The molecule has 6 aromatic carbocycles. The Morgan fingerprint density at radius 1 is 0.372 bits per heavy atom. The number of fused-ring (bicyclic) bond motifs is 3. The zero-order valence-electron chi connectivity index (χ0n) is 23.1. The van der Waals surface area contributed by atoms with Crippen LogP contribution in [0.5, 0.6) is 0 Å². The highest BCUT2D eigenvalue weighted by atomic mass is 32.1. The molecule has 0 aliphatic heterocycles. The predicted molar refractivity (Wildman–Crippen MR) is 178 cm³/mol. The van der Waals surface area contributed by atoms with Crippen molar-refractivity contribution < 1.29 is 0 Å². The van der Waals surface area contributed by atoms with Crippen LogP contribution in [0.2, 0.25) is 0 Å². The SMILES string of the molecule is c1ccc(-c2nc(-c3ccccc3)nc(-c3cccc(-c4ccc5c(ccc6nc(-c7ccccc7)sc65)c4)c3)n2)cc1. The Morgan fingerprint density at radius 3 is 1.56 bits per heavy atom. The maximum absolute atomic E-state index is 4.92. The fourth-order valence-corrected chi connectivity index (χ4v) is 6.48. The first-order chi connectivity index (χ1) is 21.3. The van der Waals surface area contributed by atoms with Crippen LogP contribution in [0.15, 0.2) is 146 Å². The fraction of sp³-hybridized carbons (Fsp3) is 0. The number of benzene rings is 6. The van der Waals surface area contributed by atoms with Gasteiger partial charge in [-0.1, -0.05) is 127 Å². The van der Waals surface area contributed by atoms with Gasteiger partial charge in [0.1, 0.15) is 5.01 Å². The fourth-order valence-electron chi connectivity index (χ4n) is 5.37. The Kier molecular flexibility index (Phi) is 6.28. The first kappa shape index (κ1) is 25.2. The van der Waals surface area contributed by atoms with Crippen LogP contribution < -0.4 is 0 Å². The lowest BCUT2D eigenvalue weighted by Gasteiger charge is -2.10. The summed E-state index contributed by atoms with van der Waals surface area (Å²) in [6.07, 6.45) is 0. The van der Waals surface area contributed by atoms with E-state index in [4.69, 9.17) is 19.9 Å². The smallest absolute Gasteiger partial charge is 0.164 e. The van der Waals surface area contributed by atoms with Crippen LogP contribution in [-0.2, 0) is 0 Å². The molecule has 0 atom stereocenters. The molecule has 2 aromatic heterocycles.